The molecule has 0 heterocycles. The predicted molar refractivity (Wildman–Crippen MR) is 82.2 cm³/mol. The second-order valence-electron chi connectivity index (χ2n) is 3.54. The first kappa shape index (κ1) is 20.6. The Hall–Kier alpha value is 0.610. The van der Waals surface area contributed by atoms with Gasteiger partial charge in [0.05, 0.1) is 19.8 Å². The van der Waals surface area contributed by atoms with Gasteiger partial charge in [0.25, 0.3) is 0 Å². The molecule has 0 rings (SSSR count). The molecule has 1 N–H and O–H groups in total. The maximum Gasteiger partial charge on any atom is 0.405 e. The van der Waals surface area contributed by atoms with E-state index in [1.54, 1.807) is 13.8 Å². The van der Waals surface area contributed by atoms with Gasteiger partial charge in [0.2, 0.25) is 0 Å². The van der Waals surface area contributed by atoms with Crippen LogP contribution >= 0.6 is 25.9 Å². The molecule has 0 fully saturated rings. The maximum atomic E-state index is 12.1. The van der Waals surface area contributed by atoms with Crippen LogP contribution in [-0.4, -0.2) is 39.2 Å². The molecule has 0 bridgehead atoms. The zero-order chi connectivity index (χ0) is 15.5. The fourth-order valence-corrected chi connectivity index (χ4v) is 5.44. The SMILES string of the molecule is CCCOP(=O)(OC)SCCNP(=O)(OCC)OCC. The summed E-state index contributed by atoms with van der Waals surface area (Å²) in [6.45, 7) is 3.53. The predicted octanol–water partition coefficient (Wildman–Crippen LogP) is 3.67. The fraction of sp³-hybridized carbons (Fsp3) is 1.00. The Kier molecular flexibility index (Phi) is 11.6. The van der Waals surface area contributed by atoms with E-state index in [1.807, 2.05) is 6.92 Å². The molecule has 0 saturated heterocycles. The summed E-state index contributed by atoms with van der Waals surface area (Å²) >= 11 is 1.06. The first-order valence-corrected chi connectivity index (χ1v) is 11.2. The molecule has 0 aliphatic rings. The van der Waals surface area contributed by atoms with Crippen molar-refractivity contribution in [1.29, 1.82) is 0 Å². The second kappa shape index (κ2) is 11.2. The van der Waals surface area contributed by atoms with Crippen LogP contribution in [0.15, 0.2) is 0 Å². The highest BCUT2D eigenvalue weighted by Crippen LogP contribution is 2.60. The van der Waals surface area contributed by atoms with Crippen LogP contribution < -0.4 is 5.09 Å². The minimum absolute atomic E-state index is 0.285. The van der Waals surface area contributed by atoms with Crippen LogP contribution in [0.4, 0.5) is 0 Å². The van der Waals surface area contributed by atoms with Crippen molar-refractivity contribution in [2.24, 2.45) is 0 Å². The van der Waals surface area contributed by atoms with E-state index in [-0.39, 0.29) is 13.2 Å². The summed E-state index contributed by atoms with van der Waals surface area (Å²) in [5.74, 6) is 0.402. The lowest BCUT2D eigenvalue weighted by Crippen LogP contribution is -2.18. The van der Waals surface area contributed by atoms with Crippen LogP contribution in [0.3, 0.4) is 0 Å². The van der Waals surface area contributed by atoms with Gasteiger partial charge < -0.3 is 9.05 Å². The van der Waals surface area contributed by atoms with Crippen molar-refractivity contribution in [1.82, 2.24) is 5.09 Å². The first-order valence-electron chi connectivity index (χ1n) is 6.54. The van der Waals surface area contributed by atoms with Gasteiger partial charge in [-0.25, -0.2) is 14.2 Å². The van der Waals surface area contributed by atoms with E-state index in [0.717, 1.165) is 17.8 Å². The summed E-state index contributed by atoms with van der Waals surface area (Å²) in [7, 11) is -1.92. The molecule has 0 amide bonds. The fourth-order valence-electron chi connectivity index (χ4n) is 1.15. The summed E-state index contributed by atoms with van der Waals surface area (Å²) in [5, 5.41) is 2.71. The van der Waals surface area contributed by atoms with Crippen LogP contribution in [-0.2, 0) is 27.2 Å². The van der Waals surface area contributed by atoms with Crippen molar-refractivity contribution >= 4 is 25.9 Å². The molecule has 122 valence electrons. The molecule has 0 aromatic carbocycles. The number of hydrogen-bond donors (Lipinski definition) is 1. The van der Waals surface area contributed by atoms with Gasteiger partial charge in [-0.2, -0.15) is 0 Å². The van der Waals surface area contributed by atoms with Crippen LogP contribution in [0, 0.1) is 0 Å². The van der Waals surface area contributed by atoms with Gasteiger partial charge in [0.1, 0.15) is 0 Å². The Bertz CT molecular complexity index is 334. The zero-order valence-electron chi connectivity index (χ0n) is 12.5. The van der Waals surface area contributed by atoms with Crippen molar-refractivity contribution in [3.05, 3.63) is 0 Å². The summed E-state index contributed by atoms with van der Waals surface area (Å²) in [6, 6.07) is 0. The van der Waals surface area contributed by atoms with Crippen LogP contribution in [0.1, 0.15) is 27.2 Å². The normalized spacial score (nSPS) is 15.2. The Morgan fingerprint density at radius 1 is 1.05 bits per heavy atom. The highest BCUT2D eigenvalue weighted by atomic mass is 32.7. The topological polar surface area (TPSA) is 83.1 Å². The van der Waals surface area contributed by atoms with Gasteiger partial charge >= 0.3 is 14.5 Å². The molecule has 0 saturated carbocycles. The lowest BCUT2D eigenvalue weighted by atomic mass is 10.5. The minimum Gasteiger partial charge on any atom is -0.304 e. The summed E-state index contributed by atoms with van der Waals surface area (Å²) in [5.41, 5.74) is 0. The van der Waals surface area contributed by atoms with Gasteiger partial charge in [-0.05, 0) is 31.7 Å². The van der Waals surface area contributed by atoms with Crippen LogP contribution in [0.2, 0.25) is 0 Å². The number of nitrogens with one attached hydrogen (secondary N) is 1. The monoisotopic (exact) mass is 349 g/mol. The van der Waals surface area contributed by atoms with E-state index in [4.69, 9.17) is 18.1 Å². The molecule has 0 aromatic heterocycles. The van der Waals surface area contributed by atoms with Crippen LogP contribution in [0.5, 0.6) is 0 Å². The van der Waals surface area contributed by atoms with E-state index >= 15 is 0 Å². The van der Waals surface area contributed by atoms with Gasteiger partial charge in [-0.15, -0.1) is 0 Å². The molecule has 10 heteroatoms. The van der Waals surface area contributed by atoms with E-state index in [9.17, 15) is 9.13 Å². The number of rotatable bonds is 13. The Balaban J connectivity index is 4.15. The third-order valence-corrected chi connectivity index (χ3v) is 7.65. The molecule has 20 heavy (non-hydrogen) atoms. The summed E-state index contributed by atoms with van der Waals surface area (Å²) in [6.07, 6.45) is 0.760. The lowest BCUT2D eigenvalue weighted by Gasteiger charge is -2.18. The molecule has 1 unspecified atom stereocenters. The quantitative estimate of drug-likeness (QED) is 0.398. The van der Waals surface area contributed by atoms with E-state index in [0.29, 0.717) is 18.9 Å². The maximum absolute atomic E-state index is 12.1. The standard InChI is InChI=1S/C10H25NO6P2S/c1-5-9-17-19(13,14-4)20-10-8-11-18(12,15-6-2)16-7-3/h5-10H2,1-4H3,(H,11,12). The highest BCUT2D eigenvalue weighted by Gasteiger charge is 2.26. The van der Waals surface area contributed by atoms with Gasteiger partial charge in [0, 0.05) is 19.4 Å². The molecule has 0 aliphatic carbocycles. The Morgan fingerprint density at radius 3 is 2.10 bits per heavy atom. The van der Waals surface area contributed by atoms with Crippen molar-refractivity contribution in [2.45, 2.75) is 27.2 Å². The zero-order valence-corrected chi connectivity index (χ0v) is 15.1. The molecule has 0 spiro atoms. The average molecular weight is 349 g/mol. The van der Waals surface area contributed by atoms with Crippen LogP contribution in [0.25, 0.3) is 0 Å². The first-order chi connectivity index (χ1) is 9.45. The average Bonchev–Trinajstić information content (AvgIpc) is 2.42. The van der Waals surface area contributed by atoms with E-state index in [1.165, 1.54) is 7.11 Å². The molecule has 0 aliphatic heterocycles. The third kappa shape index (κ3) is 8.80. The van der Waals surface area contributed by atoms with Crippen molar-refractivity contribution in [3.8, 4) is 0 Å². The van der Waals surface area contributed by atoms with Crippen molar-refractivity contribution < 1.29 is 27.2 Å². The number of hydrogen-bond acceptors (Lipinski definition) is 7. The molecule has 0 radical (unpaired) electrons. The molecule has 7 nitrogen and oxygen atoms in total. The Labute approximate surface area is 125 Å². The van der Waals surface area contributed by atoms with E-state index < -0.39 is 14.5 Å². The smallest absolute Gasteiger partial charge is 0.304 e. The Morgan fingerprint density at radius 2 is 1.65 bits per heavy atom. The highest BCUT2D eigenvalue weighted by molar-refractivity contribution is 8.55. The van der Waals surface area contributed by atoms with E-state index in [2.05, 4.69) is 5.09 Å². The summed E-state index contributed by atoms with van der Waals surface area (Å²) in [4.78, 5) is 0. The third-order valence-electron chi connectivity index (χ3n) is 1.93. The van der Waals surface area contributed by atoms with Gasteiger partial charge in [-0.1, -0.05) is 6.92 Å². The van der Waals surface area contributed by atoms with Gasteiger partial charge in [-0.3, -0.25) is 9.05 Å². The summed E-state index contributed by atoms with van der Waals surface area (Å²) < 4.78 is 44.4. The molecular weight excluding hydrogens is 324 g/mol. The molecule has 0 aromatic rings. The second-order valence-corrected chi connectivity index (χ2v) is 9.67. The lowest BCUT2D eigenvalue weighted by molar-refractivity contribution is 0.211. The van der Waals surface area contributed by atoms with Gasteiger partial charge in [0.15, 0.2) is 0 Å². The minimum atomic E-state index is -3.27. The molecule has 1 atom stereocenters. The van der Waals surface area contributed by atoms with Crippen molar-refractivity contribution in [3.63, 3.8) is 0 Å². The molecular formula is C10H25NO6P2S. The largest absolute Gasteiger partial charge is 0.405 e. The van der Waals surface area contributed by atoms with Crippen molar-refractivity contribution in [2.75, 3.05) is 39.2 Å².